The Hall–Kier alpha value is -4.01. The van der Waals surface area contributed by atoms with Gasteiger partial charge in [0.15, 0.2) is 0 Å². The molecule has 3 rings (SSSR count). The second-order valence-corrected chi connectivity index (χ2v) is 7.77. The van der Waals surface area contributed by atoms with Crippen LogP contribution in [0.25, 0.3) is 11.3 Å². The van der Waals surface area contributed by atoms with E-state index in [-0.39, 0.29) is 17.4 Å². The molecule has 1 N–H and O–H groups in total. The number of pyridine rings is 1. The smallest absolute Gasteiger partial charge is 0.257 e. The van der Waals surface area contributed by atoms with E-state index < -0.39 is 0 Å². The molecule has 0 bridgehead atoms. The maximum atomic E-state index is 12.6. The zero-order chi connectivity index (χ0) is 23.4. The lowest BCUT2D eigenvalue weighted by molar-refractivity contribution is 0.0827. The first-order valence-corrected chi connectivity index (χ1v) is 9.97. The van der Waals surface area contributed by atoms with Gasteiger partial charge in [0.1, 0.15) is 0 Å². The summed E-state index contributed by atoms with van der Waals surface area (Å²) >= 11 is 0. The Labute approximate surface area is 186 Å². The van der Waals surface area contributed by atoms with Gasteiger partial charge in [0.25, 0.3) is 17.4 Å². The fourth-order valence-electron chi connectivity index (χ4n) is 2.96. The summed E-state index contributed by atoms with van der Waals surface area (Å²) in [6.45, 7) is 0.296. The summed E-state index contributed by atoms with van der Waals surface area (Å²) < 4.78 is 1.40. The van der Waals surface area contributed by atoms with Gasteiger partial charge in [0, 0.05) is 71.4 Å². The first-order valence-electron chi connectivity index (χ1n) is 9.97. The van der Waals surface area contributed by atoms with Gasteiger partial charge < -0.3 is 19.7 Å². The van der Waals surface area contributed by atoms with Crippen molar-refractivity contribution in [2.75, 3.05) is 33.1 Å². The molecule has 0 saturated carbocycles. The number of anilines is 1. The highest BCUT2D eigenvalue weighted by Gasteiger charge is 2.18. The normalized spacial score (nSPS) is 10.5. The molecule has 0 radical (unpaired) electrons. The van der Waals surface area contributed by atoms with Crippen LogP contribution in [0.15, 0.2) is 53.6 Å². The zero-order valence-corrected chi connectivity index (χ0v) is 18.8. The summed E-state index contributed by atoms with van der Waals surface area (Å²) in [5.74, 6) is -0.00614. The molecular weight excluding hydrogens is 408 g/mol. The molecule has 0 aliphatic heterocycles. The third kappa shape index (κ3) is 5.00. The number of carbonyl (C=O) groups is 2. The van der Waals surface area contributed by atoms with Crippen LogP contribution in [0.1, 0.15) is 26.3 Å². The van der Waals surface area contributed by atoms with Gasteiger partial charge in [-0.15, -0.1) is 0 Å². The molecule has 2 aromatic heterocycles. The molecule has 9 heteroatoms. The van der Waals surface area contributed by atoms with Crippen LogP contribution in [-0.2, 0) is 13.6 Å². The van der Waals surface area contributed by atoms with Gasteiger partial charge in [-0.25, -0.2) is 9.97 Å². The largest absolute Gasteiger partial charge is 0.348 e. The van der Waals surface area contributed by atoms with Crippen molar-refractivity contribution in [3.8, 4) is 11.3 Å². The van der Waals surface area contributed by atoms with Crippen LogP contribution < -0.4 is 15.8 Å². The van der Waals surface area contributed by atoms with E-state index in [4.69, 9.17) is 0 Å². The molecule has 2 heterocycles. The Bertz CT molecular complexity index is 1200. The second kappa shape index (κ2) is 9.42. The molecule has 166 valence electrons. The van der Waals surface area contributed by atoms with Gasteiger partial charge >= 0.3 is 0 Å². The molecular formula is C23H26N6O3. The number of hydrogen-bond acceptors (Lipinski definition) is 6. The van der Waals surface area contributed by atoms with Gasteiger partial charge in [0.05, 0.1) is 11.3 Å². The number of benzene rings is 1. The van der Waals surface area contributed by atoms with Crippen molar-refractivity contribution in [1.29, 1.82) is 0 Å². The second-order valence-electron chi connectivity index (χ2n) is 7.77. The number of nitrogens with one attached hydrogen (secondary N) is 1. The van der Waals surface area contributed by atoms with Crippen molar-refractivity contribution in [2.45, 2.75) is 6.54 Å². The predicted molar refractivity (Wildman–Crippen MR) is 123 cm³/mol. The lowest BCUT2D eigenvalue weighted by atomic mass is 10.0. The van der Waals surface area contributed by atoms with E-state index in [1.165, 1.54) is 21.7 Å². The highest BCUT2D eigenvalue weighted by molar-refractivity contribution is 5.99. The minimum Gasteiger partial charge on any atom is -0.348 e. The quantitative estimate of drug-likeness (QED) is 0.632. The van der Waals surface area contributed by atoms with Gasteiger partial charge in [-0.1, -0.05) is 24.3 Å². The number of rotatable bonds is 6. The molecule has 0 fully saturated rings. The van der Waals surface area contributed by atoms with E-state index in [0.29, 0.717) is 29.3 Å². The Balaban J connectivity index is 1.81. The van der Waals surface area contributed by atoms with Crippen LogP contribution in [0.2, 0.25) is 0 Å². The number of amides is 2. The van der Waals surface area contributed by atoms with E-state index >= 15 is 0 Å². The fraction of sp³-hybridized carbons (Fsp3) is 0.261. The molecule has 1 aromatic carbocycles. The number of aromatic nitrogens is 3. The monoisotopic (exact) mass is 434 g/mol. The minimum atomic E-state index is -0.322. The van der Waals surface area contributed by atoms with E-state index in [1.54, 1.807) is 38.3 Å². The Morgan fingerprint density at radius 2 is 1.75 bits per heavy atom. The lowest BCUT2D eigenvalue weighted by Gasteiger charge is -2.16. The standard InChI is InChI=1S/C23H26N6O3/c1-27(2)22(32)18-14-25-23(28(3)4)26-20(18)16-8-6-15(7-9-16)13-24-21(31)17-10-11-29(5)19(30)12-17/h6-12,14H,13H2,1-5H3,(H,24,31). The van der Waals surface area contributed by atoms with Crippen LogP contribution in [-0.4, -0.2) is 59.4 Å². The molecule has 0 aliphatic carbocycles. The molecule has 0 saturated heterocycles. The SMILES string of the molecule is CN(C)C(=O)c1cnc(N(C)C)nc1-c1ccc(CNC(=O)c2ccn(C)c(=O)c2)cc1. The molecule has 2 amide bonds. The predicted octanol–water partition coefficient (Wildman–Crippen LogP) is 1.54. The highest BCUT2D eigenvalue weighted by atomic mass is 16.2. The molecule has 0 atom stereocenters. The molecule has 0 unspecified atom stereocenters. The summed E-state index contributed by atoms with van der Waals surface area (Å²) in [6, 6.07) is 10.3. The number of nitrogens with zero attached hydrogens (tertiary/aromatic N) is 5. The van der Waals surface area contributed by atoms with Gasteiger partial charge in [-0.05, 0) is 11.6 Å². The van der Waals surface area contributed by atoms with Crippen molar-refractivity contribution < 1.29 is 9.59 Å². The van der Waals surface area contributed by atoms with E-state index in [2.05, 4.69) is 15.3 Å². The number of hydrogen-bond donors (Lipinski definition) is 1. The topological polar surface area (TPSA) is 100 Å². The van der Waals surface area contributed by atoms with Gasteiger partial charge in [0.2, 0.25) is 5.95 Å². The van der Waals surface area contributed by atoms with Crippen LogP contribution in [0.4, 0.5) is 5.95 Å². The van der Waals surface area contributed by atoms with Crippen molar-refractivity contribution in [3.63, 3.8) is 0 Å². The Kier molecular flexibility index (Phi) is 6.67. The summed E-state index contributed by atoms with van der Waals surface area (Å²) in [7, 11) is 8.66. The highest BCUT2D eigenvalue weighted by Crippen LogP contribution is 2.24. The number of aryl methyl sites for hydroxylation is 1. The van der Waals surface area contributed by atoms with Crippen molar-refractivity contribution in [2.24, 2.45) is 7.05 Å². The van der Waals surface area contributed by atoms with Crippen molar-refractivity contribution >= 4 is 17.8 Å². The third-order valence-corrected chi connectivity index (χ3v) is 4.86. The molecule has 32 heavy (non-hydrogen) atoms. The first-order chi connectivity index (χ1) is 15.2. The average Bonchev–Trinajstić information content (AvgIpc) is 2.78. The Morgan fingerprint density at radius 3 is 2.34 bits per heavy atom. The van der Waals surface area contributed by atoms with E-state index in [1.807, 2.05) is 38.4 Å². The average molecular weight is 435 g/mol. The van der Waals surface area contributed by atoms with Crippen molar-refractivity contribution in [1.82, 2.24) is 24.8 Å². The summed E-state index contributed by atoms with van der Waals surface area (Å²) in [6.07, 6.45) is 3.10. The maximum absolute atomic E-state index is 12.6. The summed E-state index contributed by atoms with van der Waals surface area (Å²) in [5, 5.41) is 2.81. The zero-order valence-electron chi connectivity index (χ0n) is 18.8. The van der Waals surface area contributed by atoms with Crippen LogP contribution in [0.3, 0.4) is 0 Å². The van der Waals surface area contributed by atoms with Crippen molar-refractivity contribution in [3.05, 3.63) is 75.8 Å². The third-order valence-electron chi connectivity index (χ3n) is 4.86. The van der Waals surface area contributed by atoms with Crippen LogP contribution >= 0.6 is 0 Å². The molecule has 3 aromatic rings. The summed E-state index contributed by atoms with van der Waals surface area (Å²) in [4.78, 5) is 48.8. The molecule has 9 nitrogen and oxygen atoms in total. The van der Waals surface area contributed by atoms with Crippen LogP contribution in [0.5, 0.6) is 0 Å². The van der Waals surface area contributed by atoms with Crippen LogP contribution in [0, 0.1) is 0 Å². The maximum Gasteiger partial charge on any atom is 0.257 e. The fourth-order valence-corrected chi connectivity index (χ4v) is 2.96. The van der Waals surface area contributed by atoms with E-state index in [0.717, 1.165) is 11.1 Å². The van der Waals surface area contributed by atoms with E-state index in [9.17, 15) is 14.4 Å². The molecule has 0 aliphatic rings. The molecule has 0 spiro atoms. The minimum absolute atomic E-state index is 0.185. The van der Waals surface area contributed by atoms with Gasteiger partial charge in [-0.3, -0.25) is 14.4 Å². The van der Waals surface area contributed by atoms with Gasteiger partial charge in [-0.2, -0.15) is 0 Å². The first kappa shape index (κ1) is 22.7. The summed E-state index contributed by atoms with van der Waals surface area (Å²) in [5.41, 5.74) is 2.65. The lowest BCUT2D eigenvalue weighted by Crippen LogP contribution is -2.25. The Morgan fingerprint density at radius 1 is 1.06 bits per heavy atom. The number of carbonyl (C=O) groups excluding carboxylic acids is 2.